The first-order valence-electron chi connectivity index (χ1n) is 5.94. The zero-order valence-electron chi connectivity index (χ0n) is 10.0. The average molecular weight is 316 g/mol. The van der Waals surface area contributed by atoms with Gasteiger partial charge in [-0.3, -0.25) is 0 Å². The molecule has 0 atom stereocenters. The van der Waals surface area contributed by atoms with Gasteiger partial charge in [0.1, 0.15) is 0 Å². The third-order valence-corrected chi connectivity index (χ3v) is 4.74. The quantitative estimate of drug-likeness (QED) is 0.673. The Hall–Kier alpha value is -0.550. The Balaban J connectivity index is 1.88. The minimum Gasteiger partial charge on any atom is -0.370 e. The number of aliphatic imine (C=N–C) groups is 1. The Morgan fingerprint density at radius 3 is 2.82 bits per heavy atom. The Labute approximate surface area is 115 Å². The normalized spacial score (nSPS) is 18.7. The van der Waals surface area contributed by atoms with Gasteiger partial charge < -0.3 is 10.6 Å². The summed E-state index contributed by atoms with van der Waals surface area (Å²) < 4.78 is 1.15. The summed E-state index contributed by atoms with van der Waals surface area (Å²) in [5.74, 6) is 1.52. The maximum absolute atomic E-state index is 6.02. The van der Waals surface area contributed by atoms with Crippen LogP contribution < -0.4 is 5.73 Å². The molecule has 1 aliphatic heterocycles. The number of halogens is 1. The summed E-state index contributed by atoms with van der Waals surface area (Å²) in [7, 11) is 0. The highest BCUT2D eigenvalue weighted by Gasteiger charge is 2.16. The summed E-state index contributed by atoms with van der Waals surface area (Å²) in [6.07, 6.45) is 2.45. The topological polar surface area (TPSA) is 41.6 Å². The predicted molar refractivity (Wildman–Crippen MR) is 77.3 cm³/mol. The second kappa shape index (κ2) is 5.87. The molecule has 1 aromatic heterocycles. The van der Waals surface area contributed by atoms with Crippen molar-refractivity contribution in [2.45, 2.75) is 26.3 Å². The SMILES string of the molecule is CC1CCN(C(N)=NCc2ccc(Br)s2)CC1. The predicted octanol–water partition coefficient (Wildman–Crippen LogP) is 3.06. The molecule has 0 aliphatic carbocycles. The molecule has 2 N–H and O–H groups in total. The van der Waals surface area contributed by atoms with Gasteiger partial charge in [-0.2, -0.15) is 0 Å². The number of hydrogen-bond acceptors (Lipinski definition) is 2. The van der Waals surface area contributed by atoms with Gasteiger partial charge in [0.25, 0.3) is 0 Å². The lowest BCUT2D eigenvalue weighted by molar-refractivity contribution is 0.277. The highest BCUT2D eigenvalue weighted by Crippen LogP contribution is 2.22. The maximum atomic E-state index is 6.02. The van der Waals surface area contributed by atoms with Crippen LogP contribution in [0.25, 0.3) is 0 Å². The molecule has 0 aromatic carbocycles. The van der Waals surface area contributed by atoms with Crippen molar-refractivity contribution in [1.82, 2.24) is 4.90 Å². The summed E-state index contributed by atoms with van der Waals surface area (Å²) in [5.41, 5.74) is 6.02. The molecular weight excluding hydrogens is 298 g/mol. The van der Waals surface area contributed by atoms with Crippen molar-refractivity contribution >= 4 is 33.2 Å². The van der Waals surface area contributed by atoms with Crippen molar-refractivity contribution in [3.8, 4) is 0 Å². The first kappa shape index (κ1) is 12.9. The van der Waals surface area contributed by atoms with Crippen LogP contribution in [0.4, 0.5) is 0 Å². The van der Waals surface area contributed by atoms with Gasteiger partial charge in [-0.05, 0) is 46.8 Å². The number of likely N-dealkylation sites (tertiary alicyclic amines) is 1. The van der Waals surface area contributed by atoms with E-state index in [0.29, 0.717) is 12.5 Å². The lowest BCUT2D eigenvalue weighted by Crippen LogP contribution is -2.42. The lowest BCUT2D eigenvalue weighted by atomic mass is 10.00. The number of nitrogens with two attached hydrogens (primary N) is 1. The van der Waals surface area contributed by atoms with Gasteiger partial charge in [0.15, 0.2) is 5.96 Å². The molecule has 0 spiro atoms. The van der Waals surface area contributed by atoms with Gasteiger partial charge in [-0.15, -0.1) is 11.3 Å². The molecule has 0 bridgehead atoms. The molecule has 1 aliphatic rings. The summed E-state index contributed by atoms with van der Waals surface area (Å²) >= 11 is 5.16. The van der Waals surface area contributed by atoms with E-state index in [1.807, 2.05) is 6.07 Å². The molecule has 1 fully saturated rings. The molecule has 2 rings (SSSR count). The van der Waals surface area contributed by atoms with Crippen LogP contribution in [0.1, 0.15) is 24.6 Å². The molecule has 0 saturated carbocycles. The van der Waals surface area contributed by atoms with Gasteiger partial charge in [0, 0.05) is 18.0 Å². The molecule has 0 unspecified atom stereocenters. The van der Waals surface area contributed by atoms with Crippen molar-refractivity contribution in [2.75, 3.05) is 13.1 Å². The molecule has 2 heterocycles. The molecular formula is C12H18BrN3S. The zero-order chi connectivity index (χ0) is 12.3. The van der Waals surface area contributed by atoms with Crippen molar-refractivity contribution in [3.05, 3.63) is 20.8 Å². The van der Waals surface area contributed by atoms with Crippen molar-refractivity contribution in [2.24, 2.45) is 16.6 Å². The summed E-state index contributed by atoms with van der Waals surface area (Å²) in [6.45, 7) is 5.08. The molecule has 94 valence electrons. The highest BCUT2D eigenvalue weighted by atomic mass is 79.9. The van der Waals surface area contributed by atoms with E-state index in [-0.39, 0.29) is 0 Å². The molecule has 17 heavy (non-hydrogen) atoms. The largest absolute Gasteiger partial charge is 0.370 e. The van der Waals surface area contributed by atoms with E-state index in [4.69, 9.17) is 5.73 Å². The fraction of sp³-hybridized carbons (Fsp3) is 0.583. The Bertz CT molecular complexity index is 394. The van der Waals surface area contributed by atoms with E-state index in [9.17, 15) is 0 Å². The Kier molecular flexibility index (Phi) is 4.45. The number of piperidine rings is 1. The van der Waals surface area contributed by atoms with Crippen LogP contribution in [0.5, 0.6) is 0 Å². The Morgan fingerprint density at radius 2 is 2.24 bits per heavy atom. The van der Waals surface area contributed by atoms with Crippen LogP contribution in [-0.4, -0.2) is 23.9 Å². The van der Waals surface area contributed by atoms with Gasteiger partial charge in [0.05, 0.1) is 10.3 Å². The summed E-state index contributed by atoms with van der Waals surface area (Å²) in [5, 5.41) is 0. The third-order valence-electron chi connectivity index (χ3n) is 3.13. The molecule has 1 aromatic rings. The van der Waals surface area contributed by atoms with Gasteiger partial charge in [-0.1, -0.05) is 6.92 Å². The molecule has 3 nitrogen and oxygen atoms in total. The molecule has 1 saturated heterocycles. The van der Waals surface area contributed by atoms with E-state index in [1.165, 1.54) is 17.7 Å². The average Bonchev–Trinajstić information content (AvgIpc) is 2.73. The molecule has 0 radical (unpaired) electrons. The van der Waals surface area contributed by atoms with Crippen LogP contribution in [0, 0.1) is 5.92 Å². The van der Waals surface area contributed by atoms with Crippen LogP contribution in [-0.2, 0) is 6.54 Å². The second-order valence-corrected chi connectivity index (χ2v) is 7.10. The van der Waals surface area contributed by atoms with Gasteiger partial charge in [-0.25, -0.2) is 4.99 Å². The smallest absolute Gasteiger partial charge is 0.191 e. The van der Waals surface area contributed by atoms with E-state index in [2.05, 4.69) is 38.8 Å². The fourth-order valence-corrected chi connectivity index (χ4v) is 3.34. The first-order valence-corrected chi connectivity index (χ1v) is 7.55. The van der Waals surface area contributed by atoms with E-state index in [0.717, 1.165) is 22.8 Å². The van der Waals surface area contributed by atoms with Gasteiger partial charge in [0.2, 0.25) is 0 Å². The standard InChI is InChI=1S/C12H18BrN3S/c1-9-4-6-16(7-5-9)12(14)15-8-10-2-3-11(13)17-10/h2-3,9H,4-8H2,1H3,(H2,14,15). The fourth-order valence-electron chi connectivity index (χ4n) is 1.93. The number of rotatable bonds is 2. The Morgan fingerprint density at radius 1 is 1.53 bits per heavy atom. The molecule has 5 heteroatoms. The van der Waals surface area contributed by atoms with E-state index >= 15 is 0 Å². The van der Waals surface area contributed by atoms with E-state index < -0.39 is 0 Å². The highest BCUT2D eigenvalue weighted by molar-refractivity contribution is 9.11. The van der Waals surface area contributed by atoms with Crippen molar-refractivity contribution in [3.63, 3.8) is 0 Å². The molecule has 0 amide bonds. The van der Waals surface area contributed by atoms with E-state index in [1.54, 1.807) is 11.3 Å². The third kappa shape index (κ3) is 3.71. The lowest BCUT2D eigenvalue weighted by Gasteiger charge is -2.30. The van der Waals surface area contributed by atoms with Crippen LogP contribution in [0.15, 0.2) is 20.9 Å². The van der Waals surface area contributed by atoms with Crippen LogP contribution in [0.3, 0.4) is 0 Å². The minimum atomic E-state index is 0.689. The number of hydrogen-bond donors (Lipinski definition) is 1. The second-order valence-electron chi connectivity index (χ2n) is 4.55. The first-order chi connectivity index (χ1) is 8.15. The van der Waals surface area contributed by atoms with Gasteiger partial charge >= 0.3 is 0 Å². The van der Waals surface area contributed by atoms with Crippen LogP contribution >= 0.6 is 27.3 Å². The summed E-state index contributed by atoms with van der Waals surface area (Å²) in [6, 6.07) is 4.14. The minimum absolute atomic E-state index is 0.689. The van der Waals surface area contributed by atoms with Crippen molar-refractivity contribution in [1.29, 1.82) is 0 Å². The van der Waals surface area contributed by atoms with Crippen LogP contribution in [0.2, 0.25) is 0 Å². The number of guanidine groups is 1. The maximum Gasteiger partial charge on any atom is 0.191 e. The monoisotopic (exact) mass is 315 g/mol. The summed E-state index contributed by atoms with van der Waals surface area (Å²) in [4.78, 5) is 7.90. The number of nitrogens with zero attached hydrogens (tertiary/aromatic N) is 2. The number of thiophene rings is 1. The van der Waals surface area contributed by atoms with Crippen molar-refractivity contribution < 1.29 is 0 Å². The zero-order valence-corrected chi connectivity index (χ0v) is 12.4.